The molecule has 0 bridgehead atoms. The third-order valence-corrected chi connectivity index (χ3v) is 3.79. The molecule has 1 rings (SSSR count). The van der Waals surface area contributed by atoms with Crippen molar-refractivity contribution in [3.8, 4) is 0 Å². The first-order valence-corrected chi connectivity index (χ1v) is 7.52. The van der Waals surface area contributed by atoms with Gasteiger partial charge in [-0.3, -0.25) is 9.59 Å². The molecule has 5 nitrogen and oxygen atoms in total. The number of aliphatic carboxylic acids is 1. The number of carbonyl (C=O) groups excluding carboxylic acids is 1. The van der Waals surface area contributed by atoms with Crippen molar-refractivity contribution in [3.05, 3.63) is 0 Å². The summed E-state index contributed by atoms with van der Waals surface area (Å²) in [5.74, 6) is -0.356. The molecule has 0 atom stereocenters. The molecule has 0 aromatic heterocycles. The standard InChI is InChI=1S/C15H28N2O3/c1-15(2,3)17-9-8-13(18)16-10-11-4-6-12(7-5-11)14(19)20/h11-12,17H,4-10H2,1-3H3,(H,16,18)(H,19,20). The summed E-state index contributed by atoms with van der Waals surface area (Å²) >= 11 is 0. The van der Waals surface area contributed by atoms with Crippen molar-refractivity contribution in [2.24, 2.45) is 11.8 Å². The monoisotopic (exact) mass is 284 g/mol. The summed E-state index contributed by atoms with van der Waals surface area (Å²) in [6.45, 7) is 7.59. The topological polar surface area (TPSA) is 78.4 Å². The van der Waals surface area contributed by atoms with Gasteiger partial charge in [-0.25, -0.2) is 0 Å². The zero-order valence-electron chi connectivity index (χ0n) is 12.9. The molecular weight excluding hydrogens is 256 g/mol. The van der Waals surface area contributed by atoms with Gasteiger partial charge >= 0.3 is 5.97 Å². The molecule has 1 fully saturated rings. The highest BCUT2D eigenvalue weighted by Crippen LogP contribution is 2.28. The lowest BCUT2D eigenvalue weighted by Gasteiger charge is -2.26. The third-order valence-electron chi connectivity index (χ3n) is 3.79. The quantitative estimate of drug-likeness (QED) is 0.694. The Hall–Kier alpha value is -1.10. The Morgan fingerprint density at radius 1 is 1.15 bits per heavy atom. The lowest BCUT2D eigenvalue weighted by Crippen LogP contribution is -2.39. The van der Waals surface area contributed by atoms with Gasteiger partial charge in [0.2, 0.25) is 5.91 Å². The number of carbonyl (C=O) groups is 2. The molecule has 0 aliphatic heterocycles. The average molecular weight is 284 g/mol. The van der Waals surface area contributed by atoms with E-state index in [4.69, 9.17) is 5.11 Å². The van der Waals surface area contributed by atoms with E-state index in [0.717, 1.165) is 25.7 Å². The van der Waals surface area contributed by atoms with Gasteiger partial charge < -0.3 is 15.7 Å². The first-order valence-electron chi connectivity index (χ1n) is 7.52. The van der Waals surface area contributed by atoms with Crippen molar-refractivity contribution in [2.75, 3.05) is 13.1 Å². The summed E-state index contributed by atoms with van der Waals surface area (Å²) in [6, 6.07) is 0. The summed E-state index contributed by atoms with van der Waals surface area (Å²) in [5, 5.41) is 15.2. The van der Waals surface area contributed by atoms with Crippen LogP contribution in [0.2, 0.25) is 0 Å². The van der Waals surface area contributed by atoms with Crippen molar-refractivity contribution in [1.82, 2.24) is 10.6 Å². The van der Waals surface area contributed by atoms with Gasteiger partial charge in [0.1, 0.15) is 0 Å². The molecule has 5 heteroatoms. The second-order valence-corrected chi connectivity index (χ2v) is 6.79. The van der Waals surface area contributed by atoms with Crippen molar-refractivity contribution < 1.29 is 14.7 Å². The highest BCUT2D eigenvalue weighted by atomic mass is 16.4. The molecule has 1 amide bonds. The minimum absolute atomic E-state index is 0.0372. The van der Waals surface area contributed by atoms with Gasteiger partial charge in [0.15, 0.2) is 0 Å². The number of hydrogen-bond donors (Lipinski definition) is 3. The minimum atomic E-state index is -0.680. The molecule has 0 spiro atoms. The van der Waals surface area contributed by atoms with E-state index in [9.17, 15) is 9.59 Å². The highest BCUT2D eigenvalue weighted by Gasteiger charge is 2.25. The fourth-order valence-corrected chi connectivity index (χ4v) is 2.51. The molecule has 116 valence electrons. The number of rotatable bonds is 6. The van der Waals surface area contributed by atoms with Crippen LogP contribution in [0.25, 0.3) is 0 Å². The van der Waals surface area contributed by atoms with Gasteiger partial charge in [0.25, 0.3) is 0 Å². The van der Waals surface area contributed by atoms with Crippen LogP contribution in [-0.2, 0) is 9.59 Å². The van der Waals surface area contributed by atoms with Crippen LogP contribution in [-0.4, -0.2) is 35.6 Å². The fourth-order valence-electron chi connectivity index (χ4n) is 2.51. The summed E-state index contributed by atoms with van der Waals surface area (Å²) in [4.78, 5) is 22.5. The summed E-state index contributed by atoms with van der Waals surface area (Å²) < 4.78 is 0. The van der Waals surface area contributed by atoms with Gasteiger partial charge in [0, 0.05) is 25.0 Å². The van der Waals surface area contributed by atoms with E-state index in [0.29, 0.717) is 25.4 Å². The van der Waals surface area contributed by atoms with Gasteiger partial charge in [-0.05, 0) is 52.4 Å². The van der Waals surface area contributed by atoms with Crippen LogP contribution in [0.1, 0.15) is 52.9 Å². The molecule has 0 aromatic carbocycles. The van der Waals surface area contributed by atoms with E-state index < -0.39 is 5.97 Å². The number of nitrogens with one attached hydrogen (secondary N) is 2. The lowest BCUT2D eigenvalue weighted by molar-refractivity contribution is -0.143. The summed E-state index contributed by atoms with van der Waals surface area (Å²) in [7, 11) is 0. The van der Waals surface area contributed by atoms with Crippen LogP contribution in [0, 0.1) is 11.8 Å². The molecular formula is C15H28N2O3. The molecule has 0 aromatic rings. The first-order chi connectivity index (χ1) is 9.28. The maximum absolute atomic E-state index is 11.7. The van der Waals surface area contributed by atoms with E-state index in [1.807, 2.05) is 0 Å². The van der Waals surface area contributed by atoms with Crippen molar-refractivity contribution in [3.63, 3.8) is 0 Å². The molecule has 0 unspecified atom stereocenters. The first kappa shape index (κ1) is 17.0. The smallest absolute Gasteiger partial charge is 0.306 e. The highest BCUT2D eigenvalue weighted by molar-refractivity contribution is 5.76. The predicted molar refractivity (Wildman–Crippen MR) is 78.5 cm³/mol. The van der Waals surface area contributed by atoms with Crippen LogP contribution >= 0.6 is 0 Å². The number of hydrogen-bond acceptors (Lipinski definition) is 3. The number of amides is 1. The molecule has 0 heterocycles. The largest absolute Gasteiger partial charge is 0.481 e. The van der Waals surface area contributed by atoms with Crippen molar-refractivity contribution in [2.45, 2.75) is 58.4 Å². The van der Waals surface area contributed by atoms with Gasteiger partial charge in [0.05, 0.1) is 5.92 Å². The van der Waals surface area contributed by atoms with Gasteiger partial charge in [-0.15, -0.1) is 0 Å². The Balaban J connectivity index is 2.12. The second kappa shape index (κ2) is 7.62. The van der Waals surface area contributed by atoms with E-state index >= 15 is 0 Å². The molecule has 20 heavy (non-hydrogen) atoms. The summed E-state index contributed by atoms with van der Waals surface area (Å²) in [6.07, 6.45) is 3.76. The Morgan fingerprint density at radius 2 is 1.75 bits per heavy atom. The minimum Gasteiger partial charge on any atom is -0.481 e. The fraction of sp³-hybridized carbons (Fsp3) is 0.867. The van der Waals surface area contributed by atoms with E-state index in [2.05, 4.69) is 31.4 Å². The van der Waals surface area contributed by atoms with E-state index in [1.54, 1.807) is 0 Å². The Morgan fingerprint density at radius 3 is 2.25 bits per heavy atom. The second-order valence-electron chi connectivity index (χ2n) is 6.79. The van der Waals surface area contributed by atoms with Gasteiger partial charge in [-0.1, -0.05) is 0 Å². The van der Waals surface area contributed by atoms with Crippen molar-refractivity contribution >= 4 is 11.9 Å². The Bertz CT molecular complexity index is 329. The Labute approximate surface area is 121 Å². The molecule has 1 aliphatic rings. The van der Waals surface area contributed by atoms with Crippen LogP contribution < -0.4 is 10.6 Å². The lowest BCUT2D eigenvalue weighted by atomic mass is 9.82. The van der Waals surface area contributed by atoms with Crippen LogP contribution in [0.15, 0.2) is 0 Å². The van der Waals surface area contributed by atoms with E-state index in [1.165, 1.54) is 0 Å². The zero-order valence-corrected chi connectivity index (χ0v) is 12.9. The summed E-state index contributed by atoms with van der Waals surface area (Å²) in [5.41, 5.74) is 0.0372. The maximum Gasteiger partial charge on any atom is 0.306 e. The number of carboxylic acids is 1. The Kier molecular flexibility index (Phi) is 6.46. The normalized spacial score (nSPS) is 23.4. The average Bonchev–Trinajstić information content (AvgIpc) is 2.35. The van der Waals surface area contributed by atoms with Crippen LogP contribution in [0.5, 0.6) is 0 Å². The van der Waals surface area contributed by atoms with Crippen LogP contribution in [0.3, 0.4) is 0 Å². The molecule has 0 saturated heterocycles. The van der Waals surface area contributed by atoms with Crippen molar-refractivity contribution in [1.29, 1.82) is 0 Å². The van der Waals surface area contributed by atoms with Gasteiger partial charge in [-0.2, -0.15) is 0 Å². The third kappa shape index (κ3) is 6.89. The molecule has 1 aliphatic carbocycles. The van der Waals surface area contributed by atoms with E-state index in [-0.39, 0.29) is 17.4 Å². The maximum atomic E-state index is 11.7. The molecule has 0 radical (unpaired) electrons. The molecule has 3 N–H and O–H groups in total. The SMILES string of the molecule is CC(C)(C)NCCC(=O)NCC1CCC(C(=O)O)CC1. The number of carboxylic acid groups (broad SMARTS) is 1. The van der Waals surface area contributed by atoms with Crippen LogP contribution in [0.4, 0.5) is 0 Å². The predicted octanol–water partition coefficient (Wildman–Crippen LogP) is 1.77. The zero-order chi connectivity index (χ0) is 15.2. The molecule has 1 saturated carbocycles.